The topological polar surface area (TPSA) is 58.5 Å². The molecule has 1 aromatic carbocycles. The predicted molar refractivity (Wildman–Crippen MR) is 88.3 cm³/mol. The highest BCUT2D eigenvalue weighted by molar-refractivity contribution is 7.89. The first-order valence-electron chi connectivity index (χ1n) is 7.63. The van der Waals surface area contributed by atoms with Crippen molar-refractivity contribution in [1.82, 2.24) is 4.83 Å². The molecule has 1 N–H and O–H groups in total. The molecule has 0 heterocycles. The zero-order chi connectivity index (χ0) is 16.0. The lowest BCUT2D eigenvalue weighted by Crippen LogP contribution is -2.35. The van der Waals surface area contributed by atoms with Gasteiger partial charge in [-0.3, -0.25) is 0 Å². The lowest BCUT2D eigenvalue weighted by atomic mass is 9.74. The van der Waals surface area contributed by atoms with Gasteiger partial charge in [0.1, 0.15) is 0 Å². The fourth-order valence-corrected chi connectivity index (χ4v) is 3.81. The van der Waals surface area contributed by atoms with Gasteiger partial charge in [0.05, 0.1) is 4.90 Å². The number of nitrogens with one attached hydrogen (secondary N) is 1. The minimum Gasteiger partial charge on any atom is -0.200 e. The van der Waals surface area contributed by atoms with Gasteiger partial charge in [0.25, 0.3) is 10.0 Å². The van der Waals surface area contributed by atoms with Gasteiger partial charge in [-0.2, -0.15) is 13.5 Å². The van der Waals surface area contributed by atoms with E-state index >= 15 is 0 Å². The van der Waals surface area contributed by atoms with E-state index in [1.807, 2.05) is 12.1 Å². The molecular weight excluding hydrogens is 296 g/mol. The van der Waals surface area contributed by atoms with Crippen molar-refractivity contribution in [3.05, 3.63) is 42.0 Å². The molecule has 0 spiro atoms. The van der Waals surface area contributed by atoms with Crippen LogP contribution in [-0.2, 0) is 15.4 Å². The van der Waals surface area contributed by atoms with E-state index in [1.165, 1.54) is 0 Å². The summed E-state index contributed by atoms with van der Waals surface area (Å²) in [7, 11) is -3.58. The maximum atomic E-state index is 12.3. The van der Waals surface area contributed by atoms with Crippen LogP contribution in [0, 0.1) is 11.8 Å². The Balaban J connectivity index is 1.72. The summed E-state index contributed by atoms with van der Waals surface area (Å²) in [5.74, 6) is 0.972. The van der Waals surface area contributed by atoms with Crippen molar-refractivity contribution < 1.29 is 8.42 Å². The Bertz CT molecular complexity index is 725. The largest absolute Gasteiger partial charge is 0.276 e. The van der Waals surface area contributed by atoms with E-state index in [0.717, 1.165) is 24.1 Å². The van der Waals surface area contributed by atoms with Gasteiger partial charge in [-0.15, -0.1) is 0 Å². The number of sulfonamides is 1. The van der Waals surface area contributed by atoms with Gasteiger partial charge < -0.3 is 0 Å². The van der Waals surface area contributed by atoms with Crippen LogP contribution in [0.4, 0.5) is 0 Å². The average Bonchev–Trinajstić information content (AvgIpc) is 2.79. The number of benzene rings is 1. The summed E-state index contributed by atoms with van der Waals surface area (Å²) in [5, 5.41) is 4.13. The van der Waals surface area contributed by atoms with Crippen molar-refractivity contribution in [3.63, 3.8) is 0 Å². The van der Waals surface area contributed by atoms with Gasteiger partial charge in [-0.05, 0) is 41.9 Å². The number of nitrogens with zero attached hydrogens (tertiary/aromatic N) is 1. The van der Waals surface area contributed by atoms with E-state index in [1.54, 1.807) is 12.1 Å². The molecule has 1 fully saturated rings. The third kappa shape index (κ3) is 2.82. The minimum absolute atomic E-state index is 0.00631. The monoisotopic (exact) mass is 318 g/mol. The van der Waals surface area contributed by atoms with Crippen LogP contribution in [0.2, 0.25) is 0 Å². The highest BCUT2D eigenvalue weighted by Gasteiger charge is 2.38. The van der Waals surface area contributed by atoms with Crippen LogP contribution in [0.5, 0.6) is 0 Å². The molecule has 1 saturated carbocycles. The van der Waals surface area contributed by atoms with Gasteiger partial charge in [-0.25, -0.2) is 4.83 Å². The third-order valence-corrected chi connectivity index (χ3v) is 5.73. The first-order chi connectivity index (χ1) is 10.3. The average molecular weight is 318 g/mol. The summed E-state index contributed by atoms with van der Waals surface area (Å²) in [6.45, 7) is 6.30. The number of allylic oxidation sites excluding steroid dienone is 2. The molecule has 0 aromatic heterocycles. The van der Waals surface area contributed by atoms with Crippen molar-refractivity contribution in [2.75, 3.05) is 0 Å². The van der Waals surface area contributed by atoms with Crippen molar-refractivity contribution in [2.45, 2.75) is 43.9 Å². The Morgan fingerprint density at radius 3 is 2.45 bits per heavy atom. The minimum atomic E-state index is -3.58. The van der Waals surface area contributed by atoms with E-state index < -0.39 is 10.0 Å². The lowest BCUT2D eigenvalue weighted by Gasteiger charge is -2.31. The van der Waals surface area contributed by atoms with Gasteiger partial charge in [0, 0.05) is 11.6 Å². The molecule has 4 nitrogen and oxygen atoms in total. The fraction of sp³-hybridized carbons (Fsp3) is 0.471. The fourth-order valence-electron chi connectivity index (χ4n) is 2.97. The Hall–Kier alpha value is -1.62. The summed E-state index contributed by atoms with van der Waals surface area (Å²) in [5.41, 5.74) is 2.08. The van der Waals surface area contributed by atoms with Gasteiger partial charge in [-0.1, -0.05) is 45.1 Å². The maximum Gasteiger partial charge on any atom is 0.276 e. The van der Waals surface area contributed by atoms with Crippen molar-refractivity contribution >= 4 is 15.7 Å². The number of hydrogen-bond acceptors (Lipinski definition) is 3. The second kappa shape index (κ2) is 5.23. The summed E-state index contributed by atoms with van der Waals surface area (Å²) >= 11 is 0. The second-order valence-electron chi connectivity index (χ2n) is 7.11. The molecule has 0 saturated heterocycles. The summed E-state index contributed by atoms with van der Waals surface area (Å²) in [6.07, 6.45) is 6.19. The normalized spacial score (nSPS) is 25.9. The molecular formula is C17H22N2O2S. The van der Waals surface area contributed by atoms with Crippen LogP contribution >= 0.6 is 0 Å². The SMILES string of the molecule is CC(C)(C)c1ccc(S(=O)(=O)NN=C2CC3C=CCC23)cc1. The Morgan fingerprint density at radius 1 is 1.18 bits per heavy atom. The number of hydrogen-bond donors (Lipinski definition) is 1. The van der Waals surface area contributed by atoms with Crippen LogP contribution in [0.1, 0.15) is 39.2 Å². The quantitative estimate of drug-likeness (QED) is 0.687. The van der Waals surface area contributed by atoms with Crippen molar-refractivity contribution in [2.24, 2.45) is 16.9 Å². The van der Waals surface area contributed by atoms with Crippen LogP contribution in [0.15, 0.2) is 46.4 Å². The van der Waals surface area contributed by atoms with E-state index in [0.29, 0.717) is 11.8 Å². The van der Waals surface area contributed by atoms with Crippen molar-refractivity contribution in [1.29, 1.82) is 0 Å². The molecule has 1 aromatic rings. The summed E-state index contributed by atoms with van der Waals surface area (Å²) in [4.78, 5) is 2.64. The van der Waals surface area contributed by atoms with Crippen LogP contribution in [0.3, 0.4) is 0 Å². The van der Waals surface area contributed by atoms with Crippen LogP contribution in [-0.4, -0.2) is 14.1 Å². The van der Waals surface area contributed by atoms with Gasteiger partial charge >= 0.3 is 0 Å². The summed E-state index contributed by atoms with van der Waals surface area (Å²) in [6, 6.07) is 7.01. The molecule has 0 radical (unpaired) electrons. The Morgan fingerprint density at radius 2 is 1.86 bits per heavy atom. The highest BCUT2D eigenvalue weighted by Crippen LogP contribution is 2.40. The number of rotatable bonds is 3. The van der Waals surface area contributed by atoms with E-state index in [9.17, 15) is 8.42 Å². The molecule has 0 bridgehead atoms. The standard InChI is InChI=1S/C17H22N2O2S/c1-17(2,3)13-7-9-14(10-8-13)22(20,21)19-18-16-11-12-5-4-6-15(12)16/h4-5,7-10,12,15,19H,6,11H2,1-3H3. The first-order valence-corrected chi connectivity index (χ1v) is 9.11. The van der Waals surface area contributed by atoms with Crippen LogP contribution < -0.4 is 4.83 Å². The van der Waals surface area contributed by atoms with E-state index in [4.69, 9.17) is 0 Å². The maximum absolute atomic E-state index is 12.3. The molecule has 0 amide bonds. The highest BCUT2D eigenvalue weighted by atomic mass is 32.2. The number of fused-ring (bicyclic) bond motifs is 1. The van der Waals surface area contributed by atoms with E-state index in [-0.39, 0.29) is 10.3 Å². The Labute approximate surface area is 132 Å². The zero-order valence-corrected chi connectivity index (χ0v) is 14.0. The molecule has 3 rings (SSSR count). The smallest absolute Gasteiger partial charge is 0.200 e. The predicted octanol–water partition coefficient (Wildman–Crippen LogP) is 3.21. The molecule has 2 aliphatic carbocycles. The van der Waals surface area contributed by atoms with Gasteiger partial charge in [0.15, 0.2) is 0 Å². The molecule has 5 heteroatoms. The molecule has 2 unspecified atom stereocenters. The zero-order valence-electron chi connectivity index (χ0n) is 13.2. The molecule has 118 valence electrons. The van der Waals surface area contributed by atoms with Gasteiger partial charge in [0.2, 0.25) is 0 Å². The van der Waals surface area contributed by atoms with E-state index in [2.05, 4.69) is 42.9 Å². The van der Waals surface area contributed by atoms with Crippen LogP contribution in [0.25, 0.3) is 0 Å². The summed E-state index contributed by atoms with van der Waals surface area (Å²) < 4.78 is 24.6. The molecule has 2 aliphatic rings. The first kappa shape index (κ1) is 15.3. The molecule has 22 heavy (non-hydrogen) atoms. The lowest BCUT2D eigenvalue weighted by molar-refractivity contribution is 0.463. The Kier molecular flexibility index (Phi) is 3.63. The third-order valence-electron chi connectivity index (χ3n) is 4.50. The van der Waals surface area contributed by atoms with Crippen molar-refractivity contribution in [3.8, 4) is 0 Å². The number of hydrazone groups is 1. The molecule has 2 atom stereocenters. The second-order valence-corrected chi connectivity index (χ2v) is 8.77. The molecule has 0 aliphatic heterocycles.